The van der Waals surface area contributed by atoms with Gasteiger partial charge in [-0.3, -0.25) is 9.59 Å². The van der Waals surface area contributed by atoms with Crippen LogP contribution in [0.25, 0.3) is 11.0 Å². The topological polar surface area (TPSA) is 92.7 Å². The SMILES string of the molecule is Cc1c(CC(=O)NCCCn2cnc3ccccc32)nc[nH]c1=O. The van der Waals surface area contributed by atoms with Crippen molar-refractivity contribution in [3.8, 4) is 0 Å². The Kier molecular flexibility index (Phi) is 4.69. The predicted molar refractivity (Wildman–Crippen MR) is 90.7 cm³/mol. The number of aryl methyl sites for hydroxylation is 1. The first-order valence-electron chi connectivity index (χ1n) is 7.85. The lowest BCUT2D eigenvalue weighted by molar-refractivity contribution is -0.120. The van der Waals surface area contributed by atoms with Crippen LogP contribution in [0.3, 0.4) is 0 Å². The molecular weight excluding hydrogens is 306 g/mol. The molecule has 0 atom stereocenters. The number of imidazole rings is 1. The molecule has 24 heavy (non-hydrogen) atoms. The first-order chi connectivity index (χ1) is 11.6. The number of benzene rings is 1. The Balaban J connectivity index is 1.49. The van der Waals surface area contributed by atoms with Crippen molar-refractivity contribution in [2.45, 2.75) is 26.3 Å². The third-order valence-corrected chi connectivity index (χ3v) is 3.94. The smallest absolute Gasteiger partial charge is 0.253 e. The van der Waals surface area contributed by atoms with Gasteiger partial charge in [-0.05, 0) is 25.5 Å². The molecule has 3 rings (SSSR count). The summed E-state index contributed by atoms with van der Waals surface area (Å²) in [6.45, 7) is 3.01. The number of amides is 1. The van der Waals surface area contributed by atoms with Gasteiger partial charge in [-0.15, -0.1) is 0 Å². The molecular formula is C17H19N5O2. The van der Waals surface area contributed by atoms with E-state index in [1.54, 1.807) is 6.92 Å². The zero-order chi connectivity index (χ0) is 16.9. The molecule has 2 heterocycles. The van der Waals surface area contributed by atoms with Crippen molar-refractivity contribution in [2.75, 3.05) is 6.54 Å². The summed E-state index contributed by atoms with van der Waals surface area (Å²) in [6.07, 6.45) is 4.05. The van der Waals surface area contributed by atoms with E-state index in [-0.39, 0.29) is 17.9 Å². The van der Waals surface area contributed by atoms with E-state index in [0.29, 0.717) is 17.8 Å². The lowest BCUT2D eigenvalue weighted by Crippen LogP contribution is -2.28. The van der Waals surface area contributed by atoms with Gasteiger partial charge in [0.25, 0.3) is 5.56 Å². The molecule has 2 aromatic heterocycles. The molecule has 1 amide bonds. The van der Waals surface area contributed by atoms with Crippen molar-refractivity contribution >= 4 is 16.9 Å². The van der Waals surface area contributed by atoms with E-state index in [4.69, 9.17) is 0 Å². The van der Waals surface area contributed by atoms with Crippen molar-refractivity contribution in [1.29, 1.82) is 0 Å². The van der Waals surface area contributed by atoms with Gasteiger partial charge in [-0.25, -0.2) is 9.97 Å². The molecule has 0 aliphatic carbocycles. The Morgan fingerprint density at radius 1 is 1.29 bits per heavy atom. The number of carbonyl (C=O) groups excluding carboxylic acids is 1. The summed E-state index contributed by atoms with van der Waals surface area (Å²) in [4.78, 5) is 34.3. The van der Waals surface area contributed by atoms with Crippen LogP contribution >= 0.6 is 0 Å². The van der Waals surface area contributed by atoms with E-state index < -0.39 is 0 Å². The van der Waals surface area contributed by atoms with Gasteiger partial charge in [0.05, 0.1) is 35.8 Å². The fourth-order valence-corrected chi connectivity index (χ4v) is 2.56. The maximum Gasteiger partial charge on any atom is 0.253 e. The summed E-state index contributed by atoms with van der Waals surface area (Å²) in [5.74, 6) is -0.133. The number of aromatic nitrogens is 4. The number of carbonyl (C=O) groups is 1. The summed E-state index contributed by atoms with van der Waals surface area (Å²) < 4.78 is 2.07. The Hall–Kier alpha value is -2.96. The van der Waals surface area contributed by atoms with Crippen LogP contribution < -0.4 is 10.9 Å². The maximum absolute atomic E-state index is 12.0. The summed E-state index contributed by atoms with van der Waals surface area (Å²) in [7, 11) is 0. The molecule has 0 saturated carbocycles. The average molecular weight is 325 g/mol. The van der Waals surface area contributed by atoms with Crippen molar-refractivity contribution in [1.82, 2.24) is 24.8 Å². The third-order valence-electron chi connectivity index (χ3n) is 3.94. The van der Waals surface area contributed by atoms with Crippen LogP contribution in [0.1, 0.15) is 17.7 Å². The van der Waals surface area contributed by atoms with Crippen molar-refractivity contribution < 1.29 is 4.79 Å². The van der Waals surface area contributed by atoms with Gasteiger partial charge >= 0.3 is 0 Å². The normalized spacial score (nSPS) is 10.9. The monoisotopic (exact) mass is 325 g/mol. The summed E-state index contributed by atoms with van der Waals surface area (Å²) >= 11 is 0. The van der Waals surface area contributed by atoms with Gasteiger partial charge < -0.3 is 14.9 Å². The van der Waals surface area contributed by atoms with Gasteiger partial charge in [0, 0.05) is 18.7 Å². The van der Waals surface area contributed by atoms with Crippen LogP contribution in [0.15, 0.2) is 41.7 Å². The number of hydrogen-bond donors (Lipinski definition) is 2. The molecule has 0 bridgehead atoms. The van der Waals surface area contributed by atoms with Crippen LogP contribution in [-0.2, 0) is 17.8 Å². The zero-order valence-corrected chi connectivity index (χ0v) is 13.5. The molecule has 1 aromatic carbocycles. The molecule has 0 saturated heterocycles. The van der Waals surface area contributed by atoms with E-state index in [1.165, 1.54) is 6.33 Å². The highest BCUT2D eigenvalue weighted by atomic mass is 16.1. The second kappa shape index (κ2) is 7.08. The van der Waals surface area contributed by atoms with E-state index >= 15 is 0 Å². The van der Waals surface area contributed by atoms with Crippen LogP contribution in [0.5, 0.6) is 0 Å². The quantitative estimate of drug-likeness (QED) is 0.666. The number of aromatic amines is 1. The minimum Gasteiger partial charge on any atom is -0.356 e. The lowest BCUT2D eigenvalue weighted by Gasteiger charge is -2.07. The molecule has 0 fully saturated rings. The lowest BCUT2D eigenvalue weighted by atomic mass is 10.2. The highest BCUT2D eigenvalue weighted by Gasteiger charge is 2.09. The summed E-state index contributed by atoms with van der Waals surface area (Å²) in [6, 6.07) is 7.95. The zero-order valence-electron chi connectivity index (χ0n) is 13.5. The Morgan fingerprint density at radius 2 is 2.12 bits per heavy atom. The fourth-order valence-electron chi connectivity index (χ4n) is 2.56. The third kappa shape index (κ3) is 3.51. The highest BCUT2D eigenvalue weighted by molar-refractivity contribution is 5.78. The molecule has 124 valence electrons. The van der Waals surface area contributed by atoms with E-state index in [1.807, 2.05) is 30.6 Å². The Bertz CT molecular complexity index is 912. The van der Waals surface area contributed by atoms with Crippen LogP contribution in [0, 0.1) is 6.92 Å². The average Bonchev–Trinajstić information content (AvgIpc) is 2.99. The molecule has 0 radical (unpaired) electrons. The van der Waals surface area contributed by atoms with Gasteiger partial charge in [0.1, 0.15) is 0 Å². The van der Waals surface area contributed by atoms with Crippen molar-refractivity contribution in [3.05, 3.63) is 58.5 Å². The number of nitrogens with zero attached hydrogens (tertiary/aromatic N) is 3. The molecule has 0 aliphatic heterocycles. The number of fused-ring (bicyclic) bond motifs is 1. The summed E-state index contributed by atoms with van der Waals surface area (Å²) in [5.41, 5.74) is 2.85. The first kappa shape index (κ1) is 15.9. The minimum absolute atomic E-state index is 0.115. The van der Waals surface area contributed by atoms with E-state index in [9.17, 15) is 9.59 Å². The van der Waals surface area contributed by atoms with Crippen molar-refractivity contribution in [3.63, 3.8) is 0 Å². The first-order valence-corrected chi connectivity index (χ1v) is 7.85. The van der Waals surface area contributed by atoms with Crippen molar-refractivity contribution in [2.24, 2.45) is 0 Å². The van der Waals surface area contributed by atoms with Gasteiger partial charge in [-0.1, -0.05) is 12.1 Å². The summed E-state index contributed by atoms with van der Waals surface area (Å²) in [5, 5.41) is 2.86. The molecule has 7 heteroatoms. The van der Waals surface area contributed by atoms with E-state index in [2.05, 4.69) is 24.8 Å². The molecule has 2 N–H and O–H groups in total. The minimum atomic E-state index is -0.209. The number of H-pyrrole nitrogens is 1. The number of rotatable bonds is 6. The predicted octanol–water partition coefficient (Wildman–Crippen LogP) is 1.18. The van der Waals surface area contributed by atoms with Gasteiger partial charge in [0.15, 0.2) is 0 Å². The largest absolute Gasteiger partial charge is 0.356 e. The molecule has 7 nitrogen and oxygen atoms in total. The fraction of sp³-hybridized carbons (Fsp3) is 0.294. The van der Waals surface area contributed by atoms with Crippen LogP contribution in [0.4, 0.5) is 0 Å². The second-order valence-corrected chi connectivity index (χ2v) is 5.61. The molecule has 0 unspecified atom stereocenters. The second-order valence-electron chi connectivity index (χ2n) is 5.61. The van der Waals surface area contributed by atoms with Crippen LogP contribution in [-0.4, -0.2) is 32.0 Å². The molecule has 3 aromatic rings. The Morgan fingerprint density at radius 3 is 3.00 bits per heavy atom. The van der Waals surface area contributed by atoms with E-state index in [0.717, 1.165) is 24.0 Å². The molecule has 0 aliphatic rings. The highest BCUT2D eigenvalue weighted by Crippen LogP contribution is 2.11. The maximum atomic E-state index is 12.0. The Labute approximate surface area is 138 Å². The van der Waals surface area contributed by atoms with Gasteiger partial charge in [-0.2, -0.15) is 0 Å². The van der Waals surface area contributed by atoms with Gasteiger partial charge in [0.2, 0.25) is 5.91 Å². The standard InChI is InChI=1S/C17H19N5O2/c1-12-14(19-10-20-17(12)24)9-16(23)18-7-4-8-22-11-21-13-5-2-3-6-15(13)22/h2-3,5-6,10-11H,4,7-9H2,1H3,(H,18,23)(H,19,20,24). The molecule has 0 spiro atoms. The number of para-hydroxylation sites is 2. The number of nitrogens with one attached hydrogen (secondary N) is 2. The van der Waals surface area contributed by atoms with Crippen LogP contribution in [0.2, 0.25) is 0 Å². The number of hydrogen-bond acceptors (Lipinski definition) is 4.